The molecule has 1 heterocycles. The highest BCUT2D eigenvalue weighted by atomic mass is 35.5. The van der Waals surface area contributed by atoms with Crippen LogP contribution in [0.1, 0.15) is 55.8 Å². The molecule has 2 rings (SSSR count). The van der Waals surface area contributed by atoms with E-state index in [-0.39, 0.29) is 6.04 Å². The summed E-state index contributed by atoms with van der Waals surface area (Å²) in [6.45, 7) is 7.50. The van der Waals surface area contributed by atoms with Crippen LogP contribution in [0.15, 0.2) is 41.0 Å². The van der Waals surface area contributed by atoms with Gasteiger partial charge in [-0.2, -0.15) is 0 Å². The average Bonchev–Trinajstić information content (AvgIpc) is 2.86. The first-order chi connectivity index (χ1) is 9.63. The van der Waals surface area contributed by atoms with Gasteiger partial charge in [-0.1, -0.05) is 45.0 Å². The summed E-state index contributed by atoms with van der Waals surface area (Å²) in [5, 5.41) is 4.00. The van der Waals surface area contributed by atoms with Gasteiger partial charge in [0.05, 0.1) is 12.3 Å². The summed E-state index contributed by atoms with van der Waals surface area (Å²) in [7, 11) is 0. The lowest BCUT2D eigenvalue weighted by molar-refractivity contribution is 0.550. The van der Waals surface area contributed by atoms with Crippen LogP contribution in [0.3, 0.4) is 0 Å². The summed E-state index contributed by atoms with van der Waals surface area (Å²) in [5.74, 6) is 0.545. The Hall–Kier alpha value is -1.25. The first-order valence-corrected chi connectivity index (χ1v) is 7.57. The molecule has 3 heteroatoms. The molecule has 1 aromatic heterocycles. The number of hydrogen-bond acceptors (Lipinski definition) is 2. The quantitative estimate of drug-likeness (QED) is 0.796. The average molecular weight is 292 g/mol. The van der Waals surface area contributed by atoms with E-state index in [1.807, 2.05) is 6.07 Å². The fourth-order valence-electron chi connectivity index (χ4n) is 2.28. The van der Waals surface area contributed by atoms with E-state index in [4.69, 9.17) is 16.0 Å². The van der Waals surface area contributed by atoms with Gasteiger partial charge in [0.1, 0.15) is 0 Å². The Morgan fingerprint density at radius 1 is 1.10 bits per heavy atom. The van der Waals surface area contributed by atoms with Crippen LogP contribution in [0.25, 0.3) is 0 Å². The largest absolute Gasteiger partial charge is 0.453 e. The maximum Gasteiger partial charge on any atom is 0.198 e. The molecule has 0 aliphatic rings. The van der Waals surface area contributed by atoms with E-state index in [9.17, 15) is 0 Å². The molecular weight excluding hydrogens is 270 g/mol. The highest BCUT2D eigenvalue weighted by molar-refractivity contribution is 6.29. The Morgan fingerprint density at radius 2 is 1.75 bits per heavy atom. The number of furan rings is 1. The molecule has 1 unspecified atom stereocenters. The van der Waals surface area contributed by atoms with Crippen molar-refractivity contribution in [3.8, 4) is 0 Å². The molecule has 1 atom stereocenters. The predicted molar refractivity (Wildman–Crippen MR) is 84.4 cm³/mol. The van der Waals surface area contributed by atoms with Crippen molar-refractivity contribution in [1.82, 2.24) is 5.32 Å². The molecule has 2 aromatic rings. The van der Waals surface area contributed by atoms with E-state index in [1.165, 1.54) is 11.1 Å². The monoisotopic (exact) mass is 291 g/mol. The van der Waals surface area contributed by atoms with Crippen LogP contribution < -0.4 is 5.32 Å². The zero-order valence-corrected chi connectivity index (χ0v) is 13.1. The molecular formula is C17H22ClNO. The lowest BCUT2D eigenvalue weighted by atomic mass is 9.96. The molecule has 2 nitrogen and oxygen atoms in total. The van der Waals surface area contributed by atoms with E-state index in [1.54, 1.807) is 6.26 Å². The van der Waals surface area contributed by atoms with Crippen LogP contribution in [0.2, 0.25) is 5.22 Å². The molecule has 0 saturated carbocycles. The van der Waals surface area contributed by atoms with Crippen molar-refractivity contribution in [2.45, 2.75) is 39.2 Å². The van der Waals surface area contributed by atoms with Gasteiger partial charge in [-0.25, -0.2) is 0 Å². The Balaban J connectivity index is 2.29. The summed E-state index contributed by atoms with van der Waals surface area (Å²) in [6, 6.07) is 10.7. The second kappa shape index (κ2) is 6.96. The Kier molecular flexibility index (Phi) is 5.27. The molecule has 0 spiro atoms. The van der Waals surface area contributed by atoms with Gasteiger partial charge in [-0.05, 0) is 47.7 Å². The number of hydrogen-bond donors (Lipinski definition) is 1. The van der Waals surface area contributed by atoms with E-state index in [2.05, 4.69) is 50.4 Å². The topological polar surface area (TPSA) is 25.2 Å². The molecule has 0 aliphatic carbocycles. The molecule has 0 fully saturated rings. The molecule has 1 N–H and O–H groups in total. The first-order valence-electron chi connectivity index (χ1n) is 7.19. The molecule has 0 saturated heterocycles. The van der Waals surface area contributed by atoms with Crippen molar-refractivity contribution >= 4 is 11.6 Å². The third-order valence-corrected chi connectivity index (χ3v) is 3.80. The summed E-state index contributed by atoms with van der Waals surface area (Å²) in [5.41, 5.74) is 3.56. The molecule has 0 bridgehead atoms. The van der Waals surface area contributed by atoms with Gasteiger partial charge in [0.25, 0.3) is 0 Å². The number of nitrogens with one attached hydrogen (secondary N) is 1. The summed E-state index contributed by atoms with van der Waals surface area (Å²) < 4.78 is 5.23. The van der Waals surface area contributed by atoms with Crippen molar-refractivity contribution in [2.24, 2.45) is 0 Å². The predicted octanol–water partition coefficient (Wildman–Crippen LogP) is 5.15. The van der Waals surface area contributed by atoms with Gasteiger partial charge >= 0.3 is 0 Å². The highest BCUT2D eigenvalue weighted by Crippen LogP contribution is 2.30. The normalized spacial score (nSPS) is 12.8. The lowest BCUT2D eigenvalue weighted by Crippen LogP contribution is -2.23. The maximum atomic E-state index is 6.14. The van der Waals surface area contributed by atoms with Gasteiger partial charge < -0.3 is 9.73 Å². The Labute approximate surface area is 126 Å². The number of benzene rings is 1. The molecule has 0 radical (unpaired) electrons. The molecule has 108 valence electrons. The van der Waals surface area contributed by atoms with Gasteiger partial charge in [-0.15, -0.1) is 0 Å². The van der Waals surface area contributed by atoms with Crippen LogP contribution in [0.5, 0.6) is 0 Å². The van der Waals surface area contributed by atoms with Gasteiger partial charge in [-0.3, -0.25) is 0 Å². The van der Waals surface area contributed by atoms with Crippen molar-refractivity contribution in [1.29, 1.82) is 0 Å². The number of rotatable bonds is 6. The molecule has 20 heavy (non-hydrogen) atoms. The Bertz CT molecular complexity index is 530. The second-order valence-electron chi connectivity index (χ2n) is 5.36. The minimum Gasteiger partial charge on any atom is -0.453 e. The van der Waals surface area contributed by atoms with E-state index in [0.29, 0.717) is 11.1 Å². The van der Waals surface area contributed by atoms with Crippen LogP contribution in [0.4, 0.5) is 0 Å². The second-order valence-corrected chi connectivity index (χ2v) is 5.70. The SMILES string of the molecule is CCCNC(c1ccc(C(C)C)cc1)c1ccoc1Cl. The van der Waals surface area contributed by atoms with Crippen LogP contribution in [-0.2, 0) is 0 Å². The third kappa shape index (κ3) is 3.44. The van der Waals surface area contributed by atoms with E-state index < -0.39 is 0 Å². The summed E-state index contributed by atoms with van der Waals surface area (Å²) in [6.07, 6.45) is 2.72. The van der Waals surface area contributed by atoms with Gasteiger partial charge in [0.2, 0.25) is 0 Å². The van der Waals surface area contributed by atoms with E-state index in [0.717, 1.165) is 18.5 Å². The zero-order valence-electron chi connectivity index (χ0n) is 12.3. The van der Waals surface area contributed by atoms with Crippen LogP contribution >= 0.6 is 11.6 Å². The first kappa shape index (κ1) is 15.1. The molecule has 0 aliphatic heterocycles. The zero-order chi connectivity index (χ0) is 14.5. The van der Waals surface area contributed by atoms with Crippen molar-refractivity contribution < 1.29 is 4.42 Å². The van der Waals surface area contributed by atoms with Crippen molar-refractivity contribution in [3.63, 3.8) is 0 Å². The van der Waals surface area contributed by atoms with E-state index >= 15 is 0 Å². The lowest BCUT2D eigenvalue weighted by Gasteiger charge is -2.19. The highest BCUT2D eigenvalue weighted by Gasteiger charge is 2.18. The van der Waals surface area contributed by atoms with Gasteiger partial charge in [0, 0.05) is 5.56 Å². The molecule has 0 amide bonds. The smallest absolute Gasteiger partial charge is 0.198 e. The van der Waals surface area contributed by atoms with Crippen LogP contribution in [-0.4, -0.2) is 6.54 Å². The Morgan fingerprint density at radius 3 is 2.25 bits per heavy atom. The van der Waals surface area contributed by atoms with Crippen molar-refractivity contribution in [2.75, 3.05) is 6.54 Å². The summed E-state index contributed by atoms with van der Waals surface area (Å²) >= 11 is 6.14. The standard InChI is InChI=1S/C17H22ClNO/c1-4-10-19-16(15-9-11-20-17(15)18)14-7-5-13(6-8-14)12(2)3/h5-9,11-12,16,19H,4,10H2,1-3H3. The van der Waals surface area contributed by atoms with Crippen LogP contribution in [0, 0.1) is 0 Å². The van der Waals surface area contributed by atoms with Gasteiger partial charge in [0.15, 0.2) is 5.22 Å². The summed E-state index contributed by atoms with van der Waals surface area (Å²) in [4.78, 5) is 0. The fraction of sp³-hybridized carbons (Fsp3) is 0.412. The maximum absolute atomic E-state index is 6.14. The molecule has 1 aromatic carbocycles. The van der Waals surface area contributed by atoms with Crippen molar-refractivity contribution in [3.05, 3.63) is 58.5 Å². The minimum absolute atomic E-state index is 0.0856. The minimum atomic E-state index is 0.0856. The fourth-order valence-corrected chi connectivity index (χ4v) is 2.50. The number of halogens is 1. The third-order valence-electron chi connectivity index (χ3n) is 3.49.